The highest BCUT2D eigenvalue weighted by Gasteiger charge is 2.06. The summed E-state index contributed by atoms with van der Waals surface area (Å²) in [5.74, 6) is 1.48. The summed E-state index contributed by atoms with van der Waals surface area (Å²) < 4.78 is 11.2. The van der Waals surface area contributed by atoms with Gasteiger partial charge in [-0.05, 0) is 24.3 Å². The molecule has 0 aliphatic rings. The molecule has 0 aliphatic carbocycles. The third kappa shape index (κ3) is 4.15. The standard InChI is InChI=1S/C16H17ClO3/c17-15-8-4-9-16(14(15)12-18)20-11-5-10-19-13-6-2-1-3-7-13/h1-4,6-9,18H,5,10-12H2. The molecule has 2 aromatic rings. The van der Waals surface area contributed by atoms with Gasteiger partial charge in [-0.3, -0.25) is 0 Å². The van der Waals surface area contributed by atoms with Crippen LogP contribution in [0.1, 0.15) is 12.0 Å². The van der Waals surface area contributed by atoms with Crippen LogP contribution in [0.5, 0.6) is 11.5 Å². The van der Waals surface area contributed by atoms with Crippen molar-refractivity contribution in [2.45, 2.75) is 13.0 Å². The van der Waals surface area contributed by atoms with Crippen LogP contribution in [-0.2, 0) is 6.61 Å². The molecule has 0 aromatic heterocycles. The number of hydrogen-bond donors (Lipinski definition) is 1. The number of aliphatic hydroxyl groups is 1. The third-order valence-corrected chi connectivity index (χ3v) is 3.15. The molecule has 106 valence electrons. The van der Waals surface area contributed by atoms with E-state index >= 15 is 0 Å². The Morgan fingerprint density at radius 2 is 1.65 bits per heavy atom. The summed E-state index contributed by atoms with van der Waals surface area (Å²) in [4.78, 5) is 0. The highest BCUT2D eigenvalue weighted by Crippen LogP contribution is 2.26. The van der Waals surface area contributed by atoms with Crippen LogP contribution in [0.3, 0.4) is 0 Å². The number of aliphatic hydroxyl groups excluding tert-OH is 1. The van der Waals surface area contributed by atoms with Crippen molar-refractivity contribution in [3.63, 3.8) is 0 Å². The summed E-state index contributed by atoms with van der Waals surface area (Å²) in [5, 5.41) is 9.78. The largest absolute Gasteiger partial charge is 0.493 e. The van der Waals surface area contributed by atoms with Gasteiger partial charge >= 0.3 is 0 Å². The maximum absolute atomic E-state index is 9.26. The van der Waals surface area contributed by atoms with Gasteiger partial charge in [0.25, 0.3) is 0 Å². The Labute approximate surface area is 123 Å². The second kappa shape index (κ2) is 7.78. The van der Waals surface area contributed by atoms with E-state index in [1.54, 1.807) is 18.2 Å². The summed E-state index contributed by atoms with van der Waals surface area (Å²) >= 11 is 5.98. The van der Waals surface area contributed by atoms with E-state index in [0.717, 1.165) is 12.2 Å². The maximum atomic E-state index is 9.26. The van der Waals surface area contributed by atoms with Crippen molar-refractivity contribution in [3.05, 3.63) is 59.1 Å². The van der Waals surface area contributed by atoms with Crippen LogP contribution in [0.15, 0.2) is 48.5 Å². The predicted octanol–water partition coefficient (Wildman–Crippen LogP) is 3.68. The van der Waals surface area contributed by atoms with E-state index in [4.69, 9.17) is 21.1 Å². The Balaban J connectivity index is 1.75. The fourth-order valence-electron chi connectivity index (χ4n) is 1.78. The highest BCUT2D eigenvalue weighted by molar-refractivity contribution is 6.31. The first-order chi connectivity index (χ1) is 9.81. The molecule has 0 bridgehead atoms. The number of hydrogen-bond acceptors (Lipinski definition) is 3. The molecule has 0 radical (unpaired) electrons. The van der Waals surface area contributed by atoms with E-state index in [9.17, 15) is 5.11 Å². The molecular weight excluding hydrogens is 276 g/mol. The molecule has 0 atom stereocenters. The van der Waals surface area contributed by atoms with E-state index in [2.05, 4.69) is 0 Å². The Morgan fingerprint density at radius 1 is 0.900 bits per heavy atom. The molecule has 3 nitrogen and oxygen atoms in total. The molecule has 0 saturated carbocycles. The van der Waals surface area contributed by atoms with Gasteiger partial charge in [0.05, 0.1) is 19.8 Å². The lowest BCUT2D eigenvalue weighted by Crippen LogP contribution is -2.06. The fourth-order valence-corrected chi connectivity index (χ4v) is 2.00. The Hall–Kier alpha value is -1.71. The fraction of sp³-hybridized carbons (Fsp3) is 0.250. The van der Waals surface area contributed by atoms with Gasteiger partial charge in [-0.1, -0.05) is 35.9 Å². The number of benzene rings is 2. The SMILES string of the molecule is OCc1c(Cl)cccc1OCCCOc1ccccc1. The zero-order valence-corrected chi connectivity index (χ0v) is 11.8. The molecule has 2 aromatic carbocycles. The lowest BCUT2D eigenvalue weighted by molar-refractivity contribution is 0.236. The molecule has 1 N–H and O–H groups in total. The van der Waals surface area contributed by atoms with Crippen molar-refractivity contribution in [3.8, 4) is 11.5 Å². The predicted molar refractivity (Wildman–Crippen MR) is 79.4 cm³/mol. The minimum atomic E-state index is -0.129. The number of halogens is 1. The van der Waals surface area contributed by atoms with E-state index in [-0.39, 0.29) is 6.61 Å². The van der Waals surface area contributed by atoms with Gasteiger partial charge < -0.3 is 14.6 Å². The molecular formula is C16H17ClO3. The highest BCUT2D eigenvalue weighted by atomic mass is 35.5. The zero-order chi connectivity index (χ0) is 14.2. The third-order valence-electron chi connectivity index (χ3n) is 2.79. The van der Waals surface area contributed by atoms with E-state index in [1.807, 2.05) is 30.3 Å². The van der Waals surface area contributed by atoms with Gasteiger partial charge in [0, 0.05) is 17.0 Å². The first-order valence-corrected chi connectivity index (χ1v) is 6.88. The summed E-state index contributed by atoms with van der Waals surface area (Å²) in [5.41, 5.74) is 0.623. The number of ether oxygens (including phenoxy) is 2. The van der Waals surface area contributed by atoms with E-state index in [0.29, 0.717) is 29.5 Å². The second-order valence-electron chi connectivity index (χ2n) is 4.24. The molecule has 0 heterocycles. The van der Waals surface area contributed by atoms with Crippen molar-refractivity contribution in [2.75, 3.05) is 13.2 Å². The Kier molecular flexibility index (Phi) is 5.71. The van der Waals surface area contributed by atoms with Crippen molar-refractivity contribution in [2.24, 2.45) is 0 Å². The average molecular weight is 293 g/mol. The quantitative estimate of drug-likeness (QED) is 0.791. The minimum Gasteiger partial charge on any atom is -0.493 e. The molecule has 0 saturated heterocycles. The summed E-state index contributed by atoms with van der Waals surface area (Å²) in [7, 11) is 0. The summed E-state index contributed by atoms with van der Waals surface area (Å²) in [6, 6.07) is 15.0. The normalized spacial score (nSPS) is 10.3. The van der Waals surface area contributed by atoms with Crippen LogP contribution in [-0.4, -0.2) is 18.3 Å². The van der Waals surface area contributed by atoms with Crippen molar-refractivity contribution in [1.82, 2.24) is 0 Å². The zero-order valence-electron chi connectivity index (χ0n) is 11.1. The number of para-hydroxylation sites is 1. The maximum Gasteiger partial charge on any atom is 0.126 e. The van der Waals surface area contributed by atoms with Crippen LogP contribution >= 0.6 is 11.6 Å². The summed E-state index contributed by atoms with van der Waals surface area (Å²) in [6.45, 7) is 0.967. The van der Waals surface area contributed by atoms with Gasteiger partial charge in [0.1, 0.15) is 11.5 Å². The molecule has 4 heteroatoms. The lowest BCUT2D eigenvalue weighted by Gasteiger charge is -2.11. The molecule has 0 unspecified atom stereocenters. The van der Waals surface area contributed by atoms with Crippen molar-refractivity contribution in [1.29, 1.82) is 0 Å². The van der Waals surface area contributed by atoms with Crippen LogP contribution in [0.2, 0.25) is 5.02 Å². The molecule has 0 spiro atoms. The molecule has 0 amide bonds. The van der Waals surface area contributed by atoms with E-state index < -0.39 is 0 Å². The molecule has 20 heavy (non-hydrogen) atoms. The average Bonchev–Trinajstić information content (AvgIpc) is 2.48. The topological polar surface area (TPSA) is 38.7 Å². The van der Waals surface area contributed by atoms with Crippen molar-refractivity contribution >= 4 is 11.6 Å². The second-order valence-corrected chi connectivity index (χ2v) is 4.65. The first-order valence-electron chi connectivity index (χ1n) is 6.50. The van der Waals surface area contributed by atoms with Crippen LogP contribution in [0.4, 0.5) is 0 Å². The Morgan fingerprint density at radius 3 is 2.40 bits per heavy atom. The summed E-state index contributed by atoms with van der Waals surface area (Å²) in [6.07, 6.45) is 0.756. The van der Waals surface area contributed by atoms with Crippen LogP contribution < -0.4 is 9.47 Å². The smallest absolute Gasteiger partial charge is 0.126 e. The van der Waals surface area contributed by atoms with Gasteiger partial charge in [-0.2, -0.15) is 0 Å². The monoisotopic (exact) mass is 292 g/mol. The van der Waals surface area contributed by atoms with Crippen LogP contribution in [0, 0.1) is 0 Å². The van der Waals surface area contributed by atoms with Gasteiger partial charge in [0.2, 0.25) is 0 Å². The van der Waals surface area contributed by atoms with Gasteiger partial charge in [-0.15, -0.1) is 0 Å². The lowest BCUT2D eigenvalue weighted by atomic mass is 10.2. The van der Waals surface area contributed by atoms with Gasteiger partial charge in [-0.25, -0.2) is 0 Å². The first kappa shape index (κ1) is 14.7. The van der Waals surface area contributed by atoms with E-state index in [1.165, 1.54) is 0 Å². The number of rotatable bonds is 7. The molecule has 0 aliphatic heterocycles. The minimum absolute atomic E-state index is 0.129. The van der Waals surface area contributed by atoms with Gasteiger partial charge in [0.15, 0.2) is 0 Å². The Bertz CT molecular complexity index is 529. The van der Waals surface area contributed by atoms with Crippen molar-refractivity contribution < 1.29 is 14.6 Å². The van der Waals surface area contributed by atoms with Crippen LogP contribution in [0.25, 0.3) is 0 Å². The molecule has 2 rings (SSSR count). The molecule has 0 fully saturated rings.